The summed E-state index contributed by atoms with van der Waals surface area (Å²) in [6, 6.07) is 10.1. The van der Waals surface area contributed by atoms with Crippen LogP contribution in [0.3, 0.4) is 0 Å². The molecular weight excluding hydrogens is 717 g/mol. The normalized spacial score (nSPS) is 22.5. The summed E-state index contributed by atoms with van der Waals surface area (Å²) in [5.41, 5.74) is -0.579. The van der Waals surface area contributed by atoms with Crippen LogP contribution in [-0.2, 0) is 57.1 Å². The van der Waals surface area contributed by atoms with Gasteiger partial charge in [0.1, 0.15) is 24.9 Å². The number of nitrogens with zero attached hydrogens (tertiary/aromatic N) is 2. The average Bonchev–Trinajstić information content (AvgIpc) is 3.33. The van der Waals surface area contributed by atoms with Crippen LogP contribution >= 0.6 is 0 Å². The molecule has 2 amide bonds. The van der Waals surface area contributed by atoms with E-state index >= 15 is 0 Å². The van der Waals surface area contributed by atoms with Gasteiger partial charge in [-0.3, -0.25) is 33.7 Å². The number of esters is 5. The molecule has 0 radical (unpaired) electrons. The number of carbonyl (C=O) groups excluding carboxylic acids is 7. The second-order valence-corrected chi connectivity index (χ2v) is 11.6. The Labute approximate surface area is 299 Å². The van der Waals surface area contributed by atoms with Crippen molar-refractivity contribution in [2.75, 3.05) is 13.7 Å². The fraction of sp³-hybridized carbons (Fsp3) is 0.412. The van der Waals surface area contributed by atoms with Crippen LogP contribution in [0.5, 0.6) is 0 Å². The summed E-state index contributed by atoms with van der Waals surface area (Å²) in [7, 11) is 0.760. The van der Waals surface area contributed by atoms with E-state index in [9.17, 15) is 46.7 Å². The third-order valence-corrected chi connectivity index (χ3v) is 7.70. The highest BCUT2D eigenvalue weighted by molar-refractivity contribution is 6.21. The van der Waals surface area contributed by atoms with Crippen LogP contribution in [0.4, 0.5) is 18.9 Å². The first-order valence-electron chi connectivity index (χ1n) is 15.7. The fourth-order valence-corrected chi connectivity index (χ4v) is 5.78. The van der Waals surface area contributed by atoms with Gasteiger partial charge in [-0.15, -0.1) is 0 Å². The minimum atomic E-state index is -5.43. The quantitative estimate of drug-likeness (QED) is 0.107. The van der Waals surface area contributed by atoms with Crippen molar-refractivity contribution in [2.45, 2.75) is 76.5 Å². The highest BCUT2D eigenvalue weighted by Gasteiger charge is 2.64. The van der Waals surface area contributed by atoms with Gasteiger partial charge in [0.15, 0.2) is 12.2 Å². The molecule has 0 saturated carbocycles. The Balaban J connectivity index is 2.03. The van der Waals surface area contributed by atoms with Crippen molar-refractivity contribution in [3.8, 4) is 0 Å². The number of ether oxygens (including phenoxy) is 7. The van der Waals surface area contributed by atoms with Crippen molar-refractivity contribution in [1.82, 2.24) is 4.90 Å². The van der Waals surface area contributed by atoms with E-state index in [4.69, 9.17) is 33.2 Å². The number of imide groups is 1. The standard InChI is InChI=1S/C34H33F3N2O14/c1-17(40)48-16-25(50-19(3)42)27(51-20(4)43)28-26(39-29(44)22-13-9-10-14-23(22)30(39)45)24(49-18(2)41)15-33(52-28,32(46)47-5)53-31(34(35,36)37)38-21-11-7-6-8-12-21/h6-14,24-28H,15-16H2,1-5H3/t24-,25-,26-,27-,28?,33+/m1/s1. The number of aliphatic imine (C=N–C) groups is 1. The second kappa shape index (κ2) is 16.2. The van der Waals surface area contributed by atoms with Crippen LogP contribution in [0.15, 0.2) is 59.6 Å². The van der Waals surface area contributed by atoms with Crippen LogP contribution < -0.4 is 0 Å². The highest BCUT2D eigenvalue weighted by atomic mass is 19.4. The Hall–Kier alpha value is -5.85. The number of fused-ring (bicyclic) bond motifs is 1. The highest BCUT2D eigenvalue weighted by Crippen LogP contribution is 2.42. The van der Waals surface area contributed by atoms with Gasteiger partial charge in [0.25, 0.3) is 11.8 Å². The number of amides is 2. The van der Waals surface area contributed by atoms with Gasteiger partial charge >= 0.3 is 47.7 Å². The zero-order valence-corrected chi connectivity index (χ0v) is 28.7. The molecule has 2 aromatic carbocycles. The minimum absolute atomic E-state index is 0.145. The summed E-state index contributed by atoms with van der Waals surface area (Å²) < 4.78 is 81.3. The number of alkyl halides is 3. The number of hydrogen-bond acceptors (Lipinski definition) is 15. The lowest BCUT2D eigenvalue weighted by molar-refractivity contribution is -0.302. The maximum absolute atomic E-state index is 14.6. The zero-order valence-electron chi connectivity index (χ0n) is 28.7. The molecule has 53 heavy (non-hydrogen) atoms. The molecule has 6 atom stereocenters. The maximum Gasteiger partial charge on any atom is 0.468 e. The van der Waals surface area contributed by atoms with Crippen LogP contribution in [0.2, 0.25) is 0 Å². The summed E-state index contributed by atoms with van der Waals surface area (Å²) in [6.07, 6.45) is -14.9. The number of carbonyl (C=O) groups is 7. The molecule has 0 aromatic heterocycles. The third-order valence-electron chi connectivity index (χ3n) is 7.70. The smallest absolute Gasteiger partial charge is 0.464 e. The Kier molecular flexibility index (Phi) is 12.2. The van der Waals surface area contributed by atoms with Crippen molar-refractivity contribution in [2.24, 2.45) is 4.99 Å². The summed E-state index contributed by atoms with van der Waals surface area (Å²) in [5, 5.41) is 0. The number of methoxy groups -OCH3 is 1. The van der Waals surface area contributed by atoms with Gasteiger partial charge in [0.05, 0.1) is 30.3 Å². The molecule has 0 spiro atoms. The van der Waals surface area contributed by atoms with Gasteiger partial charge < -0.3 is 33.2 Å². The summed E-state index contributed by atoms with van der Waals surface area (Å²) in [6.45, 7) is 2.74. The molecule has 1 saturated heterocycles. The topological polar surface area (TPSA) is 200 Å². The van der Waals surface area contributed by atoms with Crippen LogP contribution in [0, 0.1) is 0 Å². The van der Waals surface area contributed by atoms with Gasteiger partial charge in [-0.05, 0) is 24.3 Å². The molecule has 2 aliphatic rings. The van der Waals surface area contributed by atoms with Crippen LogP contribution in [-0.4, -0.2) is 109 Å². The van der Waals surface area contributed by atoms with E-state index < -0.39 is 103 Å². The predicted octanol–water partition coefficient (Wildman–Crippen LogP) is 2.98. The molecule has 2 aliphatic heterocycles. The maximum atomic E-state index is 14.6. The molecule has 19 heteroatoms. The number of hydrogen-bond donors (Lipinski definition) is 0. The van der Waals surface area contributed by atoms with Gasteiger partial charge in [-0.2, -0.15) is 13.2 Å². The van der Waals surface area contributed by atoms with Gasteiger partial charge in [0.2, 0.25) is 0 Å². The zero-order chi connectivity index (χ0) is 39.2. The van der Waals surface area contributed by atoms with Crippen molar-refractivity contribution in [3.63, 3.8) is 0 Å². The van der Waals surface area contributed by atoms with E-state index in [1.54, 1.807) is 0 Å². The van der Waals surface area contributed by atoms with E-state index in [1.165, 1.54) is 54.6 Å². The first-order chi connectivity index (χ1) is 24.9. The number of halogens is 3. The van der Waals surface area contributed by atoms with Crippen molar-refractivity contribution in [3.05, 3.63) is 65.7 Å². The van der Waals surface area contributed by atoms with E-state index in [2.05, 4.69) is 4.99 Å². The summed E-state index contributed by atoms with van der Waals surface area (Å²) >= 11 is 0. The molecule has 2 aromatic rings. The molecule has 2 heterocycles. The molecule has 0 N–H and O–H groups in total. The van der Waals surface area contributed by atoms with Crippen LogP contribution in [0.25, 0.3) is 0 Å². The Morgan fingerprint density at radius 3 is 1.92 bits per heavy atom. The van der Waals surface area contributed by atoms with Crippen molar-refractivity contribution >= 4 is 53.2 Å². The first-order valence-corrected chi connectivity index (χ1v) is 15.7. The lowest BCUT2D eigenvalue weighted by Crippen LogP contribution is -2.70. The molecule has 284 valence electrons. The van der Waals surface area contributed by atoms with E-state index in [0.717, 1.165) is 34.8 Å². The Morgan fingerprint density at radius 1 is 0.868 bits per heavy atom. The Bertz CT molecular complexity index is 1760. The van der Waals surface area contributed by atoms with Crippen molar-refractivity contribution in [1.29, 1.82) is 0 Å². The van der Waals surface area contributed by atoms with E-state index in [-0.39, 0.29) is 16.8 Å². The molecule has 0 bridgehead atoms. The first kappa shape index (κ1) is 39.9. The third kappa shape index (κ3) is 9.15. The lowest BCUT2D eigenvalue weighted by atomic mass is 9.86. The monoisotopic (exact) mass is 750 g/mol. The summed E-state index contributed by atoms with van der Waals surface area (Å²) in [4.78, 5) is 95.0. The predicted molar refractivity (Wildman–Crippen MR) is 169 cm³/mol. The number of rotatable bonds is 11. The SMILES string of the molecule is COC(=O)[C@@]1(OC(=Nc2ccccc2)C(F)(F)F)C[C@@H](OC(C)=O)[C@@H](N2C(=O)c3ccccc3C2=O)C([C@H](OC(C)=O)[C@@H](COC(C)=O)OC(C)=O)O1. The molecule has 16 nitrogen and oxygen atoms in total. The lowest BCUT2D eigenvalue weighted by Gasteiger charge is -2.50. The average molecular weight is 751 g/mol. The largest absolute Gasteiger partial charge is 0.468 e. The summed E-state index contributed by atoms with van der Waals surface area (Å²) in [5.74, 6) is -13.3. The van der Waals surface area contributed by atoms with E-state index in [1.807, 2.05) is 0 Å². The van der Waals surface area contributed by atoms with Crippen LogP contribution in [0.1, 0.15) is 54.8 Å². The molecule has 0 aliphatic carbocycles. The minimum Gasteiger partial charge on any atom is -0.464 e. The fourth-order valence-electron chi connectivity index (χ4n) is 5.78. The molecule has 1 unspecified atom stereocenters. The molecular formula is C34H33F3N2O14. The second-order valence-electron chi connectivity index (χ2n) is 11.6. The van der Waals surface area contributed by atoms with Gasteiger partial charge in [-0.1, -0.05) is 30.3 Å². The number of benzene rings is 2. The van der Waals surface area contributed by atoms with Gasteiger partial charge in [0, 0.05) is 27.7 Å². The Morgan fingerprint density at radius 2 is 1.43 bits per heavy atom. The number of para-hydroxylation sites is 1. The van der Waals surface area contributed by atoms with Gasteiger partial charge in [-0.25, -0.2) is 9.79 Å². The van der Waals surface area contributed by atoms with E-state index in [0.29, 0.717) is 4.90 Å². The molecule has 4 rings (SSSR count). The van der Waals surface area contributed by atoms with Crippen molar-refractivity contribution < 1.29 is 79.9 Å². The molecule has 1 fully saturated rings.